The minimum absolute atomic E-state index is 0.0901. The lowest BCUT2D eigenvalue weighted by Gasteiger charge is -2.02. The van der Waals surface area contributed by atoms with Crippen molar-refractivity contribution in [3.63, 3.8) is 0 Å². The van der Waals surface area contributed by atoms with Crippen molar-refractivity contribution >= 4 is 15.8 Å². The highest BCUT2D eigenvalue weighted by molar-refractivity contribution is 7.91. The predicted molar refractivity (Wildman–Crippen MR) is 63.5 cm³/mol. The van der Waals surface area contributed by atoms with Crippen molar-refractivity contribution in [1.82, 2.24) is 0 Å². The molecule has 1 rings (SSSR count). The summed E-state index contributed by atoms with van der Waals surface area (Å²) in [5.41, 5.74) is 0. The van der Waals surface area contributed by atoms with E-state index in [4.69, 9.17) is 15.0 Å². The van der Waals surface area contributed by atoms with Crippen molar-refractivity contribution < 1.29 is 27.8 Å². The topological polar surface area (TPSA) is 91.7 Å². The van der Waals surface area contributed by atoms with Gasteiger partial charge in [0.15, 0.2) is 9.84 Å². The average molecular weight is 278 g/mol. The Kier molecular flexibility index (Phi) is 7.14. The maximum atomic E-state index is 12.5. The van der Waals surface area contributed by atoms with Gasteiger partial charge in [0.2, 0.25) is 0 Å². The van der Waals surface area contributed by atoms with E-state index in [1.54, 1.807) is 0 Å². The Balaban J connectivity index is 0.000000631. The lowest BCUT2D eigenvalue weighted by atomic mass is 10.4. The molecule has 5 nitrogen and oxygen atoms in total. The first-order valence-corrected chi connectivity index (χ1v) is 6.73. The van der Waals surface area contributed by atoms with Gasteiger partial charge in [0.25, 0.3) is 5.97 Å². The normalized spacial score (nSPS) is 10.4. The summed E-state index contributed by atoms with van der Waals surface area (Å²) in [5.74, 6) is -1.42. The Bertz CT molecular complexity index is 463. The van der Waals surface area contributed by atoms with Crippen LogP contribution < -0.4 is 0 Å². The van der Waals surface area contributed by atoms with E-state index in [0.717, 1.165) is 19.1 Å². The Morgan fingerprint density at radius 1 is 1.28 bits per heavy atom. The highest BCUT2D eigenvalue weighted by Crippen LogP contribution is 2.12. The van der Waals surface area contributed by atoms with Crippen molar-refractivity contribution in [3.8, 4) is 0 Å². The fourth-order valence-corrected chi connectivity index (χ4v) is 2.31. The van der Waals surface area contributed by atoms with Crippen LogP contribution in [0.3, 0.4) is 0 Å². The maximum absolute atomic E-state index is 12.5. The molecule has 1 aromatic carbocycles. The van der Waals surface area contributed by atoms with Gasteiger partial charge in [0, 0.05) is 13.5 Å². The molecule has 0 unspecified atom stereocenters. The van der Waals surface area contributed by atoms with Crippen molar-refractivity contribution in [1.29, 1.82) is 0 Å². The minimum atomic E-state index is -3.37. The number of hydrogen-bond donors (Lipinski definition) is 2. The van der Waals surface area contributed by atoms with E-state index < -0.39 is 21.6 Å². The molecule has 0 aromatic heterocycles. The number of halogens is 1. The van der Waals surface area contributed by atoms with Gasteiger partial charge in [-0.1, -0.05) is 0 Å². The second kappa shape index (κ2) is 7.78. The summed E-state index contributed by atoms with van der Waals surface area (Å²) in [5, 5.41) is 15.9. The van der Waals surface area contributed by atoms with Gasteiger partial charge in [-0.05, 0) is 30.7 Å². The molecule has 1 aromatic rings. The fraction of sp³-hybridized carbons (Fsp3) is 0.364. The van der Waals surface area contributed by atoms with Gasteiger partial charge >= 0.3 is 0 Å². The van der Waals surface area contributed by atoms with E-state index >= 15 is 0 Å². The number of carboxylic acids is 1. The van der Waals surface area contributed by atoms with E-state index in [1.807, 2.05) is 0 Å². The first-order valence-electron chi connectivity index (χ1n) is 5.08. The van der Waals surface area contributed by atoms with Crippen LogP contribution in [-0.2, 0) is 14.6 Å². The summed E-state index contributed by atoms with van der Waals surface area (Å²) in [6.07, 6.45) is 0.194. The van der Waals surface area contributed by atoms with E-state index in [-0.39, 0.29) is 23.7 Å². The Morgan fingerprint density at radius 3 is 2.11 bits per heavy atom. The number of sulfone groups is 1. The number of aliphatic carboxylic acids is 1. The highest BCUT2D eigenvalue weighted by Gasteiger charge is 2.13. The van der Waals surface area contributed by atoms with E-state index in [2.05, 4.69) is 0 Å². The SMILES string of the molecule is CC(=O)O.O=S(=O)(CCCO)c1ccc(F)cc1. The number of carbonyl (C=O) groups is 1. The van der Waals surface area contributed by atoms with Crippen molar-refractivity contribution in [2.45, 2.75) is 18.2 Å². The van der Waals surface area contributed by atoms with Crippen LogP contribution in [-0.4, -0.2) is 37.0 Å². The lowest BCUT2D eigenvalue weighted by Crippen LogP contribution is -2.08. The molecule has 0 atom stereocenters. The molecule has 0 aliphatic rings. The average Bonchev–Trinajstić information content (AvgIpc) is 2.26. The Morgan fingerprint density at radius 2 is 1.72 bits per heavy atom. The number of rotatable bonds is 4. The maximum Gasteiger partial charge on any atom is 0.300 e. The third kappa shape index (κ3) is 6.97. The van der Waals surface area contributed by atoms with E-state index in [0.29, 0.717) is 0 Å². The molecule has 0 spiro atoms. The number of benzene rings is 1. The van der Waals surface area contributed by atoms with Crippen LogP contribution in [0.2, 0.25) is 0 Å². The Labute approximate surface area is 105 Å². The van der Waals surface area contributed by atoms with Gasteiger partial charge in [-0.15, -0.1) is 0 Å². The molecule has 0 aliphatic carbocycles. The van der Waals surface area contributed by atoms with Crippen molar-refractivity contribution in [2.24, 2.45) is 0 Å². The van der Waals surface area contributed by atoms with Gasteiger partial charge in [-0.2, -0.15) is 0 Å². The first-order chi connectivity index (χ1) is 8.29. The third-order valence-corrected chi connectivity index (χ3v) is 3.56. The third-order valence-electron chi connectivity index (χ3n) is 1.74. The van der Waals surface area contributed by atoms with Gasteiger partial charge in [0.1, 0.15) is 5.82 Å². The summed E-state index contributed by atoms with van der Waals surface area (Å²) in [6, 6.07) is 4.65. The minimum Gasteiger partial charge on any atom is -0.481 e. The van der Waals surface area contributed by atoms with Crippen LogP contribution in [0.5, 0.6) is 0 Å². The van der Waals surface area contributed by atoms with Gasteiger partial charge in [-0.3, -0.25) is 4.79 Å². The van der Waals surface area contributed by atoms with Crippen LogP contribution >= 0.6 is 0 Å². The molecule has 7 heteroatoms. The molecule has 0 aliphatic heterocycles. The highest BCUT2D eigenvalue weighted by atomic mass is 32.2. The second-order valence-corrected chi connectivity index (χ2v) is 5.48. The molecule has 18 heavy (non-hydrogen) atoms. The predicted octanol–water partition coefficient (Wildman–Crippen LogP) is 1.07. The summed E-state index contributed by atoms with van der Waals surface area (Å²) in [6.45, 7) is 0.917. The summed E-state index contributed by atoms with van der Waals surface area (Å²) in [7, 11) is -3.37. The van der Waals surface area contributed by atoms with Crippen LogP contribution in [0.4, 0.5) is 4.39 Å². The molecule has 0 saturated carbocycles. The molecule has 0 heterocycles. The second-order valence-electron chi connectivity index (χ2n) is 3.37. The van der Waals surface area contributed by atoms with Crippen molar-refractivity contribution in [3.05, 3.63) is 30.1 Å². The standard InChI is InChI=1S/C9H11FO3S.C2H4O2/c10-8-2-4-9(5-3-8)14(12,13)7-1-6-11;1-2(3)4/h2-5,11H,1,6-7H2;1H3,(H,3,4). The zero-order chi connectivity index (χ0) is 14.2. The smallest absolute Gasteiger partial charge is 0.300 e. The lowest BCUT2D eigenvalue weighted by molar-refractivity contribution is -0.134. The molecule has 2 N–H and O–H groups in total. The molecule has 0 radical (unpaired) electrons. The first kappa shape index (κ1) is 16.5. The molecule has 0 saturated heterocycles. The van der Waals surface area contributed by atoms with Crippen molar-refractivity contribution in [2.75, 3.05) is 12.4 Å². The molecule has 0 bridgehead atoms. The monoisotopic (exact) mass is 278 g/mol. The number of hydrogen-bond acceptors (Lipinski definition) is 4. The number of aliphatic hydroxyl groups is 1. The summed E-state index contributed by atoms with van der Waals surface area (Å²) >= 11 is 0. The zero-order valence-electron chi connectivity index (χ0n) is 9.84. The van der Waals surface area contributed by atoms with E-state index in [9.17, 15) is 12.8 Å². The molecule has 102 valence electrons. The van der Waals surface area contributed by atoms with Gasteiger partial charge in [0.05, 0.1) is 10.6 Å². The molecular weight excluding hydrogens is 263 g/mol. The molecule has 0 amide bonds. The largest absolute Gasteiger partial charge is 0.481 e. The Hall–Kier alpha value is -1.47. The van der Waals surface area contributed by atoms with Gasteiger partial charge in [-0.25, -0.2) is 12.8 Å². The fourth-order valence-electron chi connectivity index (χ4n) is 1.01. The van der Waals surface area contributed by atoms with Crippen LogP contribution in [0.25, 0.3) is 0 Å². The van der Waals surface area contributed by atoms with Crippen LogP contribution in [0.15, 0.2) is 29.2 Å². The summed E-state index contributed by atoms with van der Waals surface area (Å²) < 4.78 is 35.4. The number of aliphatic hydroxyl groups excluding tert-OH is 1. The van der Waals surface area contributed by atoms with Crippen LogP contribution in [0.1, 0.15) is 13.3 Å². The zero-order valence-corrected chi connectivity index (χ0v) is 10.7. The van der Waals surface area contributed by atoms with Crippen LogP contribution in [0, 0.1) is 5.82 Å². The van der Waals surface area contributed by atoms with E-state index in [1.165, 1.54) is 12.1 Å². The quantitative estimate of drug-likeness (QED) is 0.804. The molecular formula is C11H15FO5S. The summed E-state index contributed by atoms with van der Waals surface area (Å²) in [4.78, 5) is 9.09. The molecule has 0 fully saturated rings. The number of carboxylic acid groups (broad SMARTS) is 1. The van der Waals surface area contributed by atoms with Gasteiger partial charge < -0.3 is 10.2 Å².